The van der Waals surface area contributed by atoms with Crippen molar-refractivity contribution in [1.29, 1.82) is 0 Å². The Morgan fingerprint density at radius 1 is 0.758 bits per heavy atom. The predicted octanol–water partition coefficient (Wildman–Crippen LogP) is 7.52. The number of hydrogen-bond donors (Lipinski definition) is 0. The quantitative estimate of drug-likeness (QED) is 0.0999. The van der Waals surface area contributed by atoms with Gasteiger partial charge in [0.15, 0.2) is 0 Å². The Morgan fingerprint density at radius 2 is 1.21 bits per heavy atom. The van der Waals surface area contributed by atoms with Crippen molar-refractivity contribution in [3.8, 4) is 12.3 Å². The summed E-state index contributed by atoms with van der Waals surface area (Å²) in [6, 6.07) is -0.653. The van der Waals surface area contributed by atoms with Crippen LogP contribution in [0.2, 0.25) is 0 Å². The minimum absolute atomic E-state index is 0.0660. The lowest BCUT2D eigenvalue weighted by Gasteiger charge is -2.28. The molecule has 5 nitrogen and oxygen atoms in total. The predicted molar refractivity (Wildman–Crippen MR) is 137 cm³/mol. The van der Waals surface area contributed by atoms with Gasteiger partial charge in [0.05, 0.1) is 6.61 Å². The molecule has 0 fully saturated rings. The molecule has 0 radical (unpaired) electrons. The highest BCUT2D eigenvalue weighted by Crippen LogP contribution is 2.15. The number of carbonyl (C=O) groups is 2. The number of hydrogen-bond acceptors (Lipinski definition) is 4. The largest absolute Gasteiger partial charge is 0.464 e. The number of amides is 1. The first kappa shape index (κ1) is 31.3. The SMILES string of the molecule is C#CCCOC(=O)N(C)C(C(=O)OCCCCCCCCCCCCCCCCC)C(C)C. The van der Waals surface area contributed by atoms with E-state index in [4.69, 9.17) is 15.9 Å². The highest BCUT2D eigenvalue weighted by molar-refractivity contribution is 5.81. The van der Waals surface area contributed by atoms with E-state index in [1.54, 1.807) is 7.05 Å². The van der Waals surface area contributed by atoms with E-state index in [9.17, 15) is 9.59 Å². The lowest BCUT2D eigenvalue weighted by molar-refractivity contribution is -0.150. The molecule has 0 heterocycles. The van der Waals surface area contributed by atoms with Gasteiger partial charge in [0.25, 0.3) is 0 Å². The van der Waals surface area contributed by atoms with Crippen molar-refractivity contribution in [2.45, 2.75) is 130 Å². The molecule has 0 aromatic carbocycles. The monoisotopic (exact) mass is 465 g/mol. The van der Waals surface area contributed by atoms with Crippen LogP contribution in [0, 0.1) is 18.3 Å². The lowest BCUT2D eigenvalue weighted by Crippen LogP contribution is -2.46. The molecule has 0 saturated carbocycles. The van der Waals surface area contributed by atoms with Crippen LogP contribution in [0.15, 0.2) is 0 Å². The molecule has 0 aliphatic carbocycles. The van der Waals surface area contributed by atoms with Gasteiger partial charge in [-0.1, -0.05) is 111 Å². The average Bonchev–Trinajstić information content (AvgIpc) is 2.78. The standard InChI is InChI=1S/C28H51NO4/c1-6-8-10-11-12-13-14-15-16-17-18-19-20-21-22-24-32-27(30)26(25(3)4)29(5)28(31)33-23-9-7-2/h2,25-26H,6,8-24H2,1,3-5H3. The fourth-order valence-corrected chi connectivity index (χ4v) is 4.02. The van der Waals surface area contributed by atoms with Crippen molar-refractivity contribution in [2.24, 2.45) is 5.92 Å². The zero-order valence-electron chi connectivity index (χ0n) is 22.0. The van der Waals surface area contributed by atoms with Crippen LogP contribution in [0.4, 0.5) is 4.79 Å². The smallest absolute Gasteiger partial charge is 0.410 e. The molecule has 0 spiro atoms. The van der Waals surface area contributed by atoms with Crippen molar-refractivity contribution in [3.63, 3.8) is 0 Å². The van der Waals surface area contributed by atoms with E-state index in [0.717, 1.165) is 12.8 Å². The second-order valence-corrected chi connectivity index (χ2v) is 9.49. The second-order valence-electron chi connectivity index (χ2n) is 9.49. The summed E-state index contributed by atoms with van der Waals surface area (Å²) < 4.78 is 10.6. The van der Waals surface area contributed by atoms with E-state index < -0.39 is 12.1 Å². The molecule has 0 aromatic rings. The number of rotatable bonds is 21. The van der Waals surface area contributed by atoms with Gasteiger partial charge < -0.3 is 9.47 Å². The van der Waals surface area contributed by atoms with Crippen LogP contribution in [0.1, 0.15) is 124 Å². The van der Waals surface area contributed by atoms with Crippen molar-refractivity contribution >= 4 is 12.1 Å². The summed E-state index contributed by atoms with van der Waals surface area (Å²) in [7, 11) is 1.57. The summed E-state index contributed by atoms with van der Waals surface area (Å²) in [5.74, 6) is 1.99. The number of ether oxygens (including phenoxy) is 2. The summed E-state index contributed by atoms with van der Waals surface area (Å²) in [6.07, 6.45) is 24.5. The van der Waals surface area contributed by atoms with Crippen molar-refractivity contribution in [2.75, 3.05) is 20.3 Å². The van der Waals surface area contributed by atoms with Gasteiger partial charge in [0, 0.05) is 13.5 Å². The van der Waals surface area contributed by atoms with Gasteiger partial charge in [-0.15, -0.1) is 12.3 Å². The van der Waals surface area contributed by atoms with Crippen LogP contribution in [0.25, 0.3) is 0 Å². The average molecular weight is 466 g/mol. The van der Waals surface area contributed by atoms with E-state index in [2.05, 4.69) is 12.8 Å². The summed E-state index contributed by atoms with van der Waals surface area (Å²) in [5.41, 5.74) is 0. The Bertz CT molecular complexity index is 526. The first-order chi connectivity index (χ1) is 16.0. The van der Waals surface area contributed by atoms with E-state index >= 15 is 0 Å². The van der Waals surface area contributed by atoms with Gasteiger partial charge in [0.1, 0.15) is 12.6 Å². The lowest BCUT2D eigenvalue weighted by atomic mass is 10.0. The van der Waals surface area contributed by atoms with Crippen LogP contribution >= 0.6 is 0 Å². The fourth-order valence-electron chi connectivity index (χ4n) is 4.02. The van der Waals surface area contributed by atoms with Gasteiger partial charge in [-0.05, 0) is 12.3 Å². The molecule has 0 N–H and O–H groups in total. The third kappa shape index (κ3) is 17.4. The minimum Gasteiger partial charge on any atom is -0.464 e. The van der Waals surface area contributed by atoms with Gasteiger partial charge in [0.2, 0.25) is 0 Å². The minimum atomic E-state index is -0.653. The number of unbranched alkanes of at least 4 members (excludes halogenated alkanes) is 14. The highest BCUT2D eigenvalue weighted by Gasteiger charge is 2.32. The maximum atomic E-state index is 12.5. The third-order valence-corrected chi connectivity index (χ3v) is 6.04. The molecule has 0 aliphatic rings. The van der Waals surface area contributed by atoms with Crippen molar-refractivity contribution in [1.82, 2.24) is 4.90 Å². The van der Waals surface area contributed by atoms with Crippen molar-refractivity contribution in [3.05, 3.63) is 0 Å². The molecular weight excluding hydrogens is 414 g/mol. The maximum Gasteiger partial charge on any atom is 0.410 e. The fraction of sp³-hybridized carbons (Fsp3) is 0.857. The zero-order valence-corrected chi connectivity index (χ0v) is 22.0. The number of esters is 1. The van der Waals surface area contributed by atoms with E-state index in [0.29, 0.717) is 13.0 Å². The van der Waals surface area contributed by atoms with Gasteiger partial charge in [-0.2, -0.15) is 0 Å². The van der Waals surface area contributed by atoms with Gasteiger partial charge >= 0.3 is 12.1 Å². The van der Waals surface area contributed by atoms with Gasteiger partial charge in [-0.3, -0.25) is 4.90 Å². The number of likely N-dealkylation sites (N-methyl/N-ethyl adjacent to an activating group) is 1. The summed E-state index contributed by atoms with van der Waals surface area (Å²) >= 11 is 0. The summed E-state index contributed by atoms with van der Waals surface area (Å²) in [5, 5.41) is 0. The summed E-state index contributed by atoms with van der Waals surface area (Å²) in [6.45, 7) is 6.61. The Labute approximate surface area is 204 Å². The Balaban J connectivity index is 3.74. The van der Waals surface area contributed by atoms with Crippen molar-refractivity contribution < 1.29 is 19.1 Å². The highest BCUT2D eigenvalue weighted by atomic mass is 16.6. The first-order valence-electron chi connectivity index (χ1n) is 13.4. The molecular formula is C28H51NO4. The molecule has 1 atom stereocenters. The Hall–Kier alpha value is -1.70. The van der Waals surface area contributed by atoms with Crippen LogP contribution < -0.4 is 0 Å². The first-order valence-corrected chi connectivity index (χ1v) is 13.4. The summed E-state index contributed by atoms with van der Waals surface area (Å²) in [4.78, 5) is 25.9. The van der Waals surface area contributed by atoms with Crippen LogP contribution in [-0.4, -0.2) is 43.3 Å². The number of terminal acetylenes is 1. The van der Waals surface area contributed by atoms with E-state index in [1.165, 1.54) is 88.4 Å². The molecule has 33 heavy (non-hydrogen) atoms. The van der Waals surface area contributed by atoms with Crippen LogP contribution in [-0.2, 0) is 14.3 Å². The Morgan fingerprint density at radius 3 is 1.64 bits per heavy atom. The number of nitrogens with zero attached hydrogens (tertiary/aromatic N) is 1. The molecule has 1 unspecified atom stereocenters. The van der Waals surface area contributed by atoms with Crippen LogP contribution in [0.5, 0.6) is 0 Å². The molecule has 0 rings (SSSR count). The second kappa shape index (κ2) is 22.1. The van der Waals surface area contributed by atoms with E-state index in [1.807, 2.05) is 13.8 Å². The molecule has 1 amide bonds. The van der Waals surface area contributed by atoms with E-state index in [-0.39, 0.29) is 18.5 Å². The topological polar surface area (TPSA) is 55.8 Å². The maximum absolute atomic E-state index is 12.5. The zero-order chi connectivity index (χ0) is 24.7. The molecule has 5 heteroatoms. The molecule has 0 aliphatic heterocycles. The third-order valence-electron chi connectivity index (χ3n) is 6.04. The number of carbonyl (C=O) groups excluding carboxylic acids is 2. The molecule has 0 bridgehead atoms. The Kier molecular flexibility index (Phi) is 21.0. The van der Waals surface area contributed by atoms with Gasteiger partial charge in [-0.25, -0.2) is 9.59 Å². The van der Waals surface area contributed by atoms with Crippen LogP contribution in [0.3, 0.4) is 0 Å². The molecule has 0 aromatic heterocycles. The molecule has 0 saturated heterocycles. The molecule has 192 valence electrons. The normalized spacial score (nSPS) is 11.8.